The molecule has 6 heteroatoms. The number of imide groups is 1. The quantitative estimate of drug-likeness (QED) is 0.826. The van der Waals surface area contributed by atoms with Crippen molar-refractivity contribution in [2.75, 3.05) is 18.5 Å². The molecule has 2 rings (SSSR count). The van der Waals surface area contributed by atoms with Crippen LogP contribution in [0.15, 0.2) is 18.2 Å². The number of carbonyl (C=O) groups excluding carboxylic acids is 2. The Morgan fingerprint density at radius 3 is 2.62 bits per heavy atom. The van der Waals surface area contributed by atoms with Gasteiger partial charge in [-0.15, -0.1) is 0 Å². The van der Waals surface area contributed by atoms with Crippen LogP contribution < -0.4 is 15.5 Å². The Morgan fingerprint density at radius 1 is 1.38 bits per heavy atom. The number of nitrogens with one attached hydrogen (secondary N) is 2. The van der Waals surface area contributed by atoms with Gasteiger partial charge >= 0.3 is 0 Å². The molecule has 0 radical (unpaired) electrons. The zero-order valence-corrected chi connectivity index (χ0v) is 12.7. The van der Waals surface area contributed by atoms with Crippen molar-refractivity contribution in [3.05, 3.63) is 29.6 Å². The molecule has 0 saturated carbocycles. The van der Waals surface area contributed by atoms with Gasteiger partial charge < -0.3 is 10.2 Å². The average Bonchev–Trinajstić information content (AvgIpc) is 2.42. The van der Waals surface area contributed by atoms with Crippen molar-refractivity contribution in [2.24, 2.45) is 0 Å². The first-order valence-electron chi connectivity index (χ1n) is 6.86. The molecule has 1 aliphatic heterocycles. The molecular formula is C15H20FN3O2. The molecule has 2 N–H and O–H groups in total. The fraction of sp³-hybridized carbons (Fsp3) is 0.467. The molecule has 114 valence electrons. The van der Waals surface area contributed by atoms with E-state index >= 15 is 0 Å². The summed E-state index contributed by atoms with van der Waals surface area (Å²) in [6.45, 7) is 5.21. The highest BCUT2D eigenvalue weighted by atomic mass is 19.1. The number of hydrogen-bond acceptors (Lipinski definition) is 4. The Labute approximate surface area is 123 Å². The van der Waals surface area contributed by atoms with E-state index < -0.39 is 23.2 Å². The van der Waals surface area contributed by atoms with Gasteiger partial charge in [0.25, 0.3) is 5.91 Å². The van der Waals surface area contributed by atoms with Gasteiger partial charge in [0.2, 0.25) is 5.91 Å². The first-order chi connectivity index (χ1) is 9.77. The molecule has 0 spiro atoms. The normalized spacial score (nSPS) is 19.4. The molecular weight excluding hydrogens is 273 g/mol. The summed E-state index contributed by atoms with van der Waals surface area (Å²) in [7, 11) is 1.80. The third-order valence-corrected chi connectivity index (χ3v) is 3.98. The van der Waals surface area contributed by atoms with Crippen LogP contribution in [0.3, 0.4) is 0 Å². The summed E-state index contributed by atoms with van der Waals surface area (Å²) in [5.41, 5.74) is 0.0878. The van der Waals surface area contributed by atoms with Crippen molar-refractivity contribution in [2.45, 2.75) is 32.4 Å². The van der Waals surface area contributed by atoms with Crippen LogP contribution in [0, 0.1) is 5.82 Å². The van der Waals surface area contributed by atoms with Gasteiger partial charge in [-0.3, -0.25) is 14.9 Å². The SMILES string of the molecule is CNC(C)c1ccc(N2CC(=O)NC(=O)C2(C)C)c(F)c1. The molecule has 2 amide bonds. The van der Waals surface area contributed by atoms with E-state index in [2.05, 4.69) is 10.6 Å². The van der Waals surface area contributed by atoms with Gasteiger partial charge in [0.1, 0.15) is 11.4 Å². The van der Waals surface area contributed by atoms with Crippen molar-refractivity contribution in [3.8, 4) is 0 Å². The van der Waals surface area contributed by atoms with Crippen LogP contribution >= 0.6 is 0 Å². The minimum absolute atomic E-state index is 0.0212. The van der Waals surface area contributed by atoms with E-state index in [4.69, 9.17) is 0 Å². The third-order valence-electron chi connectivity index (χ3n) is 3.98. The van der Waals surface area contributed by atoms with Crippen LogP contribution in [0.4, 0.5) is 10.1 Å². The van der Waals surface area contributed by atoms with Gasteiger partial charge in [0, 0.05) is 6.04 Å². The van der Waals surface area contributed by atoms with Crippen LogP contribution in [-0.2, 0) is 9.59 Å². The summed E-state index contributed by atoms with van der Waals surface area (Å²) in [5, 5.41) is 5.31. The molecule has 1 fully saturated rings. The third kappa shape index (κ3) is 2.76. The van der Waals surface area contributed by atoms with Gasteiger partial charge in [0.15, 0.2) is 0 Å². The predicted octanol–water partition coefficient (Wildman–Crippen LogP) is 1.35. The van der Waals surface area contributed by atoms with E-state index in [1.807, 2.05) is 6.92 Å². The molecule has 0 bridgehead atoms. The fourth-order valence-corrected chi connectivity index (χ4v) is 2.35. The largest absolute Gasteiger partial charge is 0.346 e. The number of nitrogens with zero attached hydrogens (tertiary/aromatic N) is 1. The maximum Gasteiger partial charge on any atom is 0.251 e. The number of piperazine rings is 1. The number of benzene rings is 1. The van der Waals surface area contributed by atoms with Gasteiger partial charge in [-0.05, 0) is 45.5 Å². The van der Waals surface area contributed by atoms with Crippen molar-refractivity contribution in [1.29, 1.82) is 0 Å². The van der Waals surface area contributed by atoms with Crippen LogP contribution in [0.1, 0.15) is 32.4 Å². The van der Waals surface area contributed by atoms with Crippen LogP contribution in [0.5, 0.6) is 0 Å². The van der Waals surface area contributed by atoms with E-state index in [1.165, 1.54) is 11.0 Å². The first kappa shape index (κ1) is 15.4. The monoisotopic (exact) mass is 293 g/mol. The van der Waals surface area contributed by atoms with Crippen LogP contribution in [-0.4, -0.2) is 30.9 Å². The molecule has 1 aliphatic rings. The molecule has 1 heterocycles. The van der Waals surface area contributed by atoms with Gasteiger partial charge in [-0.1, -0.05) is 6.07 Å². The lowest BCUT2D eigenvalue weighted by Gasteiger charge is -2.41. The van der Waals surface area contributed by atoms with Crippen LogP contribution in [0.25, 0.3) is 0 Å². The molecule has 1 atom stereocenters. The molecule has 1 unspecified atom stereocenters. The summed E-state index contributed by atoms with van der Waals surface area (Å²) < 4.78 is 14.4. The van der Waals surface area contributed by atoms with E-state index in [0.717, 1.165) is 5.56 Å². The first-order valence-corrected chi connectivity index (χ1v) is 6.86. The Bertz CT molecular complexity index is 586. The number of rotatable bonds is 3. The Morgan fingerprint density at radius 2 is 2.05 bits per heavy atom. The molecule has 5 nitrogen and oxygen atoms in total. The van der Waals surface area contributed by atoms with E-state index in [1.54, 1.807) is 33.0 Å². The minimum Gasteiger partial charge on any atom is -0.346 e. The summed E-state index contributed by atoms with van der Waals surface area (Å²) in [6, 6.07) is 4.87. The molecule has 21 heavy (non-hydrogen) atoms. The van der Waals surface area contributed by atoms with Crippen LogP contribution in [0.2, 0.25) is 0 Å². The lowest BCUT2D eigenvalue weighted by atomic mass is 9.97. The number of carbonyl (C=O) groups is 2. The van der Waals surface area contributed by atoms with Crippen molar-refractivity contribution >= 4 is 17.5 Å². The molecule has 0 aliphatic carbocycles. The maximum absolute atomic E-state index is 14.4. The van der Waals surface area contributed by atoms with E-state index in [0.29, 0.717) is 0 Å². The van der Waals surface area contributed by atoms with Crippen molar-refractivity contribution in [3.63, 3.8) is 0 Å². The Balaban J connectivity index is 2.41. The smallest absolute Gasteiger partial charge is 0.251 e. The second-order valence-corrected chi connectivity index (χ2v) is 5.74. The number of halogens is 1. The number of hydrogen-bond donors (Lipinski definition) is 2. The zero-order valence-electron chi connectivity index (χ0n) is 12.7. The van der Waals surface area contributed by atoms with Gasteiger partial charge in [-0.2, -0.15) is 0 Å². The minimum atomic E-state index is -0.981. The summed E-state index contributed by atoms with van der Waals surface area (Å²) >= 11 is 0. The average molecular weight is 293 g/mol. The lowest BCUT2D eigenvalue weighted by molar-refractivity contribution is -0.135. The molecule has 0 aromatic heterocycles. The Hall–Kier alpha value is -1.95. The van der Waals surface area contributed by atoms with Gasteiger partial charge in [-0.25, -0.2) is 4.39 Å². The highest BCUT2D eigenvalue weighted by molar-refractivity contribution is 6.06. The second-order valence-electron chi connectivity index (χ2n) is 5.74. The van der Waals surface area contributed by atoms with Gasteiger partial charge in [0.05, 0.1) is 12.2 Å². The van der Waals surface area contributed by atoms with Crippen molar-refractivity contribution < 1.29 is 14.0 Å². The summed E-state index contributed by atoms with van der Waals surface area (Å²) in [5.74, 6) is -1.29. The lowest BCUT2D eigenvalue weighted by Crippen LogP contribution is -2.64. The summed E-state index contributed by atoms with van der Waals surface area (Å²) in [6.07, 6.45) is 0. The second kappa shape index (κ2) is 5.44. The topological polar surface area (TPSA) is 61.4 Å². The molecule has 1 aromatic carbocycles. The fourth-order valence-electron chi connectivity index (χ4n) is 2.35. The van der Waals surface area contributed by atoms with E-state index in [-0.39, 0.29) is 18.3 Å². The number of amides is 2. The Kier molecular flexibility index (Phi) is 4.00. The predicted molar refractivity (Wildman–Crippen MR) is 78.4 cm³/mol. The number of anilines is 1. The van der Waals surface area contributed by atoms with Crippen molar-refractivity contribution in [1.82, 2.24) is 10.6 Å². The standard InChI is InChI=1S/C15H20FN3O2/c1-9(17-4)10-5-6-12(11(16)7-10)19-8-13(20)18-14(21)15(19,2)3/h5-7,9,17H,8H2,1-4H3,(H,18,20,21). The van der Waals surface area contributed by atoms with E-state index in [9.17, 15) is 14.0 Å². The molecule has 1 saturated heterocycles. The maximum atomic E-state index is 14.4. The highest BCUT2D eigenvalue weighted by Gasteiger charge is 2.41. The highest BCUT2D eigenvalue weighted by Crippen LogP contribution is 2.30. The summed E-state index contributed by atoms with van der Waals surface area (Å²) in [4.78, 5) is 25.0. The zero-order chi connectivity index (χ0) is 15.8. The molecule has 1 aromatic rings.